The molecule has 0 radical (unpaired) electrons. The van der Waals surface area contributed by atoms with E-state index in [2.05, 4.69) is 11.3 Å². The lowest BCUT2D eigenvalue weighted by molar-refractivity contribution is -0.108. The average molecular weight is 203 g/mol. The fraction of sp³-hybridized carbons (Fsp3) is 0.556. The zero-order chi connectivity index (χ0) is 11.0. The van der Waals surface area contributed by atoms with Gasteiger partial charge in [0.25, 0.3) is 0 Å². The van der Waals surface area contributed by atoms with Crippen LogP contribution in [0.4, 0.5) is 9.18 Å². The summed E-state index contributed by atoms with van der Waals surface area (Å²) in [5, 5.41) is 0. The molecular formula is C9H14FNO3. The molecule has 0 spiro atoms. The number of nitrogens with zero attached hydrogens (tertiary/aromatic N) is 1. The fourth-order valence-electron chi connectivity index (χ4n) is 0.821. The third kappa shape index (κ3) is 4.59. The van der Waals surface area contributed by atoms with Gasteiger partial charge in [0.05, 0.1) is 13.2 Å². The third-order valence-corrected chi connectivity index (χ3v) is 1.42. The molecule has 0 aliphatic rings. The number of carbonyl (C=O) groups is 2. The molecule has 0 atom stereocenters. The number of hydrogen-bond acceptors (Lipinski definition) is 3. The first-order valence-electron chi connectivity index (χ1n) is 4.23. The predicted molar refractivity (Wildman–Crippen MR) is 49.8 cm³/mol. The number of halogens is 1. The van der Waals surface area contributed by atoms with E-state index < -0.39 is 12.8 Å². The van der Waals surface area contributed by atoms with E-state index in [1.807, 2.05) is 0 Å². The zero-order valence-corrected chi connectivity index (χ0v) is 8.16. The Bertz CT molecular complexity index is 218. The highest BCUT2D eigenvalue weighted by Crippen LogP contribution is 1.99. The number of amides is 1. The highest BCUT2D eigenvalue weighted by molar-refractivity contribution is 5.71. The van der Waals surface area contributed by atoms with Gasteiger partial charge in [-0.25, -0.2) is 9.18 Å². The first kappa shape index (κ1) is 12.6. The Kier molecular flexibility index (Phi) is 6.36. The van der Waals surface area contributed by atoms with Crippen molar-refractivity contribution in [1.82, 2.24) is 4.90 Å². The second-order valence-corrected chi connectivity index (χ2v) is 2.63. The standard InChI is InChI=1S/C9H14FNO3/c1-3-14-9(13)11(4-5-12)7-8(2)6-10/h5H,2-4,6-7H2,1H3. The van der Waals surface area contributed by atoms with Gasteiger partial charge in [-0.2, -0.15) is 0 Å². The molecule has 0 aromatic carbocycles. The highest BCUT2D eigenvalue weighted by Gasteiger charge is 2.14. The van der Waals surface area contributed by atoms with Crippen LogP contribution in [0.15, 0.2) is 12.2 Å². The van der Waals surface area contributed by atoms with Crippen LogP contribution in [0.3, 0.4) is 0 Å². The molecule has 0 saturated heterocycles. The van der Waals surface area contributed by atoms with E-state index in [4.69, 9.17) is 0 Å². The molecule has 0 aromatic rings. The Labute approximate surface area is 82.3 Å². The maximum absolute atomic E-state index is 12.1. The minimum Gasteiger partial charge on any atom is -0.450 e. The van der Waals surface area contributed by atoms with E-state index in [-0.39, 0.29) is 25.3 Å². The van der Waals surface area contributed by atoms with Crippen LogP contribution in [0.1, 0.15) is 6.92 Å². The van der Waals surface area contributed by atoms with Crippen LogP contribution in [0.5, 0.6) is 0 Å². The molecular weight excluding hydrogens is 189 g/mol. The van der Waals surface area contributed by atoms with Crippen molar-refractivity contribution in [2.24, 2.45) is 0 Å². The van der Waals surface area contributed by atoms with Gasteiger partial charge in [-0.3, -0.25) is 4.90 Å². The second-order valence-electron chi connectivity index (χ2n) is 2.63. The van der Waals surface area contributed by atoms with Crippen molar-refractivity contribution in [1.29, 1.82) is 0 Å². The monoisotopic (exact) mass is 203 g/mol. The lowest BCUT2D eigenvalue weighted by atomic mass is 10.3. The van der Waals surface area contributed by atoms with Crippen LogP contribution in [-0.2, 0) is 9.53 Å². The minimum absolute atomic E-state index is 0.00801. The molecule has 0 unspecified atom stereocenters. The predicted octanol–water partition coefficient (Wildman–Crippen LogP) is 1.17. The molecule has 0 rings (SSSR count). The Morgan fingerprint density at radius 2 is 2.29 bits per heavy atom. The molecule has 14 heavy (non-hydrogen) atoms. The van der Waals surface area contributed by atoms with Crippen molar-refractivity contribution in [3.05, 3.63) is 12.2 Å². The van der Waals surface area contributed by atoms with E-state index in [1.165, 1.54) is 0 Å². The molecule has 4 nitrogen and oxygen atoms in total. The highest BCUT2D eigenvalue weighted by atomic mass is 19.1. The Hall–Kier alpha value is -1.39. The van der Waals surface area contributed by atoms with Gasteiger partial charge < -0.3 is 9.53 Å². The lowest BCUT2D eigenvalue weighted by Gasteiger charge is -2.19. The second kappa shape index (κ2) is 7.06. The van der Waals surface area contributed by atoms with Crippen LogP contribution in [-0.4, -0.2) is 43.7 Å². The van der Waals surface area contributed by atoms with Crippen molar-refractivity contribution in [2.75, 3.05) is 26.4 Å². The number of hydrogen-bond donors (Lipinski definition) is 0. The summed E-state index contributed by atoms with van der Waals surface area (Å²) < 4.78 is 16.7. The molecule has 0 heterocycles. The summed E-state index contributed by atoms with van der Waals surface area (Å²) in [7, 11) is 0. The Balaban J connectivity index is 4.19. The maximum Gasteiger partial charge on any atom is 0.410 e. The molecule has 0 fully saturated rings. The largest absolute Gasteiger partial charge is 0.450 e. The van der Waals surface area contributed by atoms with Crippen molar-refractivity contribution in [3.63, 3.8) is 0 Å². The van der Waals surface area contributed by atoms with Crippen molar-refractivity contribution in [2.45, 2.75) is 6.92 Å². The molecule has 5 heteroatoms. The van der Waals surface area contributed by atoms with E-state index in [9.17, 15) is 14.0 Å². The summed E-state index contributed by atoms with van der Waals surface area (Å²) in [6.45, 7) is 4.45. The first-order valence-corrected chi connectivity index (χ1v) is 4.23. The number of rotatable bonds is 6. The normalized spacial score (nSPS) is 9.29. The molecule has 0 aliphatic carbocycles. The van der Waals surface area contributed by atoms with E-state index >= 15 is 0 Å². The van der Waals surface area contributed by atoms with E-state index in [0.717, 1.165) is 4.90 Å². The molecule has 0 bridgehead atoms. The molecule has 1 amide bonds. The smallest absolute Gasteiger partial charge is 0.410 e. The van der Waals surface area contributed by atoms with Gasteiger partial charge in [-0.15, -0.1) is 0 Å². The van der Waals surface area contributed by atoms with E-state index in [0.29, 0.717) is 6.29 Å². The van der Waals surface area contributed by atoms with Crippen LogP contribution in [0, 0.1) is 0 Å². The zero-order valence-electron chi connectivity index (χ0n) is 8.16. The maximum atomic E-state index is 12.1. The summed E-state index contributed by atoms with van der Waals surface area (Å²) in [5.74, 6) is 0. The number of alkyl halides is 1. The Morgan fingerprint density at radius 3 is 2.71 bits per heavy atom. The van der Waals surface area contributed by atoms with Crippen molar-refractivity contribution < 1.29 is 18.7 Å². The molecule has 0 N–H and O–H groups in total. The summed E-state index contributed by atoms with van der Waals surface area (Å²) in [4.78, 5) is 22.5. The topological polar surface area (TPSA) is 46.6 Å². The van der Waals surface area contributed by atoms with Gasteiger partial charge in [0.2, 0.25) is 0 Å². The van der Waals surface area contributed by atoms with Gasteiger partial charge in [0, 0.05) is 6.54 Å². The van der Waals surface area contributed by atoms with Gasteiger partial charge in [-0.1, -0.05) is 6.58 Å². The number of ether oxygens (including phenoxy) is 1. The SMILES string of the molecule is C=C(CF)CN(CC=O)C(=O)OCC. The average Bonchev–Trinajstić information content (AvgIpc) is 2.17. The summed E-state index contributed by atoms with van der Waals surface area (Å²) in [6.07, 6.45) is -0.0724. The van der Waals surface area contributed by atoms with Crippen molar-refractivity contribution >= 4 is 12.4 Å². The summed E-state index contributed by atoms with van der Waals surface area (Å²) >= 11 is 0. The van der Waals surface area contributed by atoms with Crippen LogP contribution >= 0.6 is 0 Å². The van der Waals surface area contributed by atoms with Gasteiger partial charge in [0.1, 0.15) is 13.0 Å². The minimum atomic E-state index is -0.714. The third-order valence-electron chi connectivity index (χ3n) is 1.42. The van der Waals surface area contributed by atoms with Gasteiger partial charge >= 0.3 is 6.09 Å². The number of carbonyl (C=O) groups excluding carboxylic acids is 2. The first-order chi connectivity index (χ1) is 6.65. The lowest BCUT2D eigenvalue weighted by Crippen LogP contribution is -2.35. The van der Waals surface area contributed by atoms with E-state index in [1.54, 1.807) is 6.92 Å². The summed E-state index contributed by atoms with van der Waals surface area (Å²) in [5.41, 5.74) is 0.236. The van der Waals surface area contributed by atoms with Crippen molar-refractivity contribution in [3.8, 4) is 0 Å². The van der Waals surface area contributed by atoms with Gasteiger partial charge in [-0.05, 0) is 12.5 Å². The summed E-state index contributed by atoms with van der Waals surface area (Å²) in [6, 6.07) is 0. The van der Waals surface area contributed by atoms with Crippen LogP contribution < -0.4 is 0 Å². The molecule has 80 valence electrons. The van der Waals surface area contributed by atoms with Crippen LogP contribution in [0.2, 0.25) is 0 Å². The van der Waals surface area contributed by atoms with Crippen LogP contribution in [0.25, 0.3) is 0 Å². The molecule has 0 aliphatic heterocycles. The Morgan fingerprint density at radius 1 is 1.64 bits per heavy atom. The molecule has 0 saturated carbocycles. The number of aldehydes is 1. The quantitative estimate of drug-likeness (QED) is 0.481. The van der Waals surface area contributed by atoms with Gasteiger partial charge in [0.15, 0.2) is 0 Å². The fourth-order valence-corrected chi connectivity index (χ4v) is 0.821. The molecule has 0 aromatic heterocycles.